The van der Waals surface area contributed by atoms with Crippen molar-refractivity contribution in [1.82, 2.24) is 5.32 Å². The Morgan fingerprint density at radius 2 is 1.87 bits per heavy atom. The van der Waals surface area contributed by atoms with Crippen LogP contribution in [0.5, 0.6) is 0 Å². The van der Waals surface area contributed by atoms with Gasteiger partial charge in [-0.2, -0.15) is 0 Å². The summed E-state index contributed by atoms with van der Waals surface area (Å²) in [6.07, 6.45) is 0.612. The molecule has 132 valence electrons. The second-order valence-electron chi connectivity index (χ2n) is 6.17. The molecule has 1 fully saturated rings. The molecule has 1 amide bonds. The Kier molecular flexibility index (Phi) is 6.80. The number of aliphatic hydroxyl groups is 1. The molecule has 0 radical (unpaired) electrons. The van der Waals surface area contributed by atoms with Crippen molar-refractivity contribution in [1.29, 1.82) is 0 Å². The molecule has 0 aromatic rings. The molecular weight excluding hydrogens is 300 g/mol. The number of nitrogens with zero attached hydrogens (tertiary/aromatic N) is 1. The Morgan fingerprint density at radius 1 is 1.30 bits per heavy atom. The largest absolute Gasteiger partial charge is 0.481 e. The molecule has 1 saturated carbocycles. The predicted octanol–water partition coefficient (Wildman–Crippen LogP) is -0.349. The minimum Gasteiger partial charge on any atom is -0.481 e. The summed E-state index contributed by atoms with van der Waals surface area (Å²) in [7, 11) is 0. The summed E-state index contributed by atoms with van der Waals surface area (Å²) in [5, 5.41) is 22.7. The van der Waals surface area contributed by atoms with Crippen molar-refractivity contribution in [3.63, 3.8) is 0 Å². The lowest BCUT2D eigenvalue weighted by atomic mass is 9.80. The van der Waals surface area contributed by atoms with E-state index < -0.39 is 30.0 Å². The monoisotopic (exact) mass is 328 g/mol. The van der Waals surface area contributed by atoms with Gasteiger partial charge in [0.25, 0.3) is 0 Å². The van der Waals surface area contributed by atoms with Crippen LogP contribution in [-0.4, -0.2) is 46.2 Å². The highest BCUT2D eigenvalue weighted by Gasteiger charge is 2.50. The minimum atomic E-state index is -1.11. The molecule has 7 N–H and O–H groups in total. The van der Waals surface area contributed by atoms with Crippen LogP contribution in [-0.2, 0) is 9.59 Å². The van der Waals surface area contributed by atoms with E-state index in [1.54, 1.807) is 0 Å². The number of guanidine groups is 1. The van der Waals surface area contributed by atoms with Gasteiger partial charge >= 0.3 is 5.97 Å². The van der Waals surface area contributed by atoms with Gasteiger partial charge in [0, 0.05) is 18.9 Å². The average Bonchev–Trinajstić information content (AvgIpc) is 2.74. The lowest BCUT2D eigenvalue weighted by Gasteiger charge is -2.35. The van der Waals surface area contributed by atoms with Gasteiger partial charge in [0.05, 0.1) is 18.1 Å². The number of hydrogen-bond acceptors (Lipinski definition) is 4. The fourth-order valence-electron chi connectivity index (χ4n) is 3.64. The molecule has 0 spiro atoms. The van der Waals surface area contributed by atoms with Gasteiger partial charge in [0.2, 0.25) is 5.91 Å². The van der Waals surface area contributed by atoms with Crippen molar-refractivity contribution in [3.8, 4) is 0 Å². The third-order valence-corrected chi connectivity index (χ3v) is 4.72. The first-order valence-electron chi connectivity index (χ1n) is 7.99. The van der Waals surface area contributed by atoms with Gasteiger partial charge < -0.3 is 27.0 Å². The predicted molar refractivity (Wildman–Crippen MR) is 86.5 cm³/mol. The zero-order valence-corrected chi connectivity index (χ0v) is 13.9. The lowest BCUT2D eigenvalue weighted by molar-refractivity contribution is -0.145. The number of carbonyl (C=O) groups excluding carboxylic acids is 1. The van der Waals surface area contributed by atoms with Crippen LogP contribution in [0.4, 0.5) is 0 Å². The maximum absolute atomic E-state index is 11.6. The molecule has 23 heavy (non-hydrogen) atoms. The molecule has 0 aliphatic heterocycles. The normalized spacial score (nSPS) is 28.4. The van der Waals surface area contributed by atoms with E-state index >= 15 is 0 Å². The van der Waals surface area contributed by atoms with E-state index in [-0.39, 0.29) is 30.2 Å². The molecule has 1 aliphatic carbocycles. The van der Waals surface area contributed by atoms with Crippen LogP contribution in [0.3, 0.4) is 0 Å². The second-order valence-corrected chi connectivity index (χ2v) is 6.17. The summed E-state index contributed by atoms with van der Waals surface area (Å²) < 4.78 is 0. The van der Waals surface area contributed by atoms with Crippen LogP contribution in [0.2, 0.25) is 0 Å². The first kappa shape index (κ1) is 19.2. The van der Waals surface area contributed by atoms with Crippen molar-refractivity contribution in [2.45, 2.75) is 58.2 Å². The van der Waals surface area contributed by atoms with Gasteiger partial charge in [-0.25, -0.2) is 4.99 Å². The van der Waals surface area contributed by atoms with Crippen molar-refractivity contribution in [3.05, 3.63) is 0 Å². The quantitative estimate of drug-likeness (QED) is 0.318. The number of aliphatic carboxylic acids is 1. The molecule has 8 heteroatoms. The smallest absolute Gasteiger partial charge is 0.309 e. The highest BCUT2D eigenvalue weighted by atomic mass is 16.4. The Morgan fingerprint density at radius 3 is 2.26 bits per heavy atom. The lowest BCUT2D eigenvalue weighted by Crippen LogP contribution is -2.51. The highest BCUT2D eigenvalue weighted by Crippen LogP contribution is 2.39. The average molecular weight is 328 g/mol. The molecule has 3 unspecified atom stereocenters. The third kappa shape index (κ3) is 4.57. The van der Waals surface area contributed by atoms with Gasteiger partial charge in [-0.15, -0.1) is 0 Å². The van der Waals surface area contributed by atoms with E-state index in [9.17, 15) is 19.8 Å². The summed E-state index contributed by atoms with van der Waals surface area (Å²) >= 11 is 0. The van der Waals surface area contributed by atoms with E-state index in [0.29, 0.717) is 0 Å². The standard InChI is InChI=1S/C15H28N4O4/c1-4-8(5-2)12(18-7(3)20)11-10(19-15(16)17)6-9(13(11)21)14(22)23/h8-13,21H,4-6H2,1-3H3,(H,18,20)(H,22,23)(H4,16,17,19)/t9-,10?,11?,12+,13?/m1/s1. The molecule has 0 bridgehead atoms. The topological polar surface area (TPSA) is 151 Å². The van der Waals surface area contributed by atoms with Crippen LogP contribution in [0.25, 0.3) is 0 Å². The van der Waals surface area contributed by atoms with E-state index in [0.717, 1.165) is 12.8 Å². The highest BCUT2D eigenvalue weighted by molar-refractivity contribution is 5.76. The summed E-state index contributed by atoms with van der Waals surface area (Å²) in [5.74, 6) is -2.84. The molecule has 0 aromatic carbocycles. The van der Waals surface area contributed by atoms with E-state index in [2.05, 4.69) is 10.3 Å². The van der Waals surface area contributed by atoms with E-state index in [1.807, 2.05) is 13.8 Å². The number of rotatable bonds is 7. The first-order chi connectivity index (χ1) is 10.7. The first-order valence-corrected chi connectivity index (χ1v) is 7.99. The fraction of sp³-hybridized carbons (Fsp3) is 0.800. The Labute approximate surface area is 136 Å². The number of amides is 1. The van der Waals surface area contributed by atoms with Crippen LogP contribution in [0, 0.1) is 17.8 Å². The van der Waals surface area contributed by atoms with Crippen LogP contribution >= 0.6 is 0 Å². The van der Waals surface area contributed by atoms with Gasteiger partial charge in [-0.05, 0) is 12.3 Å². The molecular formula is C15H28N4O4. The molecule has 1 aliphatic rings. The summed E-state index contributed by atoms with van der Waals surface area (Å²) in [4.78, 5) is 27.1. The number of aliphatic imine (C=N–C) groups is 1. The Bertz CT molecular complexity index is 460. The molecule has 8 nitrogen and oxygen atoms in total. The van der Waals surface area contributed by atoms with Crippen molar-refractivity contribution in [2.75, 3.05) is 0 Å². The third-order valence-electron chi connectivity index (χ3n) is 4.72. The van der Waals surface area contributed by atoms with Crippen LogP contribution < -0.4 is 16.8 Å². The summed E-state index contributed by atoms with van der Waals surface area (Å²) in [5.41, 5.74) is 10.9. The zero-order chi connectivity index (χ0) is 17.7. The fourth-order valence-corrected chi connectivity index (χ4v) is 3.64. The van der Waals surface area contributed by atoms with E-state index in [4.69, 9.17) is 11.5 Å². The number of nitrogens with two attached hydrogens (primary N) is 2. The number of carboxylic acids is 1. The van der Waals surface area contributed by atoms with Crippen molar-refractivity contribution >= 4 is 17.8 Å². The van der Waals surface area contributed by atoms with Crippen LogP contribution in [0.1, 0.15) is 40.0 Å². The number of hydrogen-bond donors (Lipinski definition) is 5. The van der Waals surface area contributed by atoms with Gasteiger partial charge in [-0.3, -0.25) is 9.59 Å². The van der Waals surface area contributed by atoms with E-state index in [1.165, 1.54) is 6.92 Å². The summed E-state index contributed by atoms with van der Waals surface area (Å²) in [6, 6.07) is -0.913. The van der Waals surface area contributed by atoms with Gasteiger partial charge in [0.15, 0.2) is 5.96 Å². The number of aliphatic hydroxyl groups excluding tert-OH is 1. The molecule has 0 saturated heterocycles. The molecule has 0 aromatic heterocycles. The van der Waals surface area contributed by atoms with Crippen molar-refractivity contribution in [2.24, 2.45) is 34.2 Å². The molecule has 1 rings (SSSR count). The Balaban J connectivity index is 3.23. The van der Waals surface area contributed by atoms with Crippen molar-refractivity contribution < 1.29 is 19.8 Å². The molecule has 0 heterocycles. The van der Waals surface area contributed by atoms with Gasteiger partial charge in [0.1, 0.15) is 0 Å². The number of carboxylic acid groups (broad SMARTS) is 1. The van der Waals surface area contributed by atoms with Gasteiger partial charge in [-0.1, -0.05) is 26.7 Å². The summed E-state index contributed by atoms with van der Waals surface area (Å²) in [6.45, 7) is 5.39. The zero-order valence-electron chi connectivity index (χ0n) is 13.9. The maximum atomic E-state index is 11.6. The second kappa shape index (κ2) is 8.14. The maximum Gasteiger partial charge on any atom is 0.309 e. The van der Waals surface area contributed by atoms with Crippen LogP contribution in [0.15, 0.2) is 4.99 Å². The minimum absolute atomic E-state index is 0.0998. The number of carbonyl (C=O) groups is 2. The SMILES string of the molecule is CCC(CC)[C@H](NC(C)=O)C1C(N=C(N)N)C[C@@H](C(=O)O)C1O. The molecule has 5 atom stereocenters. The number of nitrogens with one attached hydrogen (secondary N) is 1. The Hall–Kier alpha value is -1.83.